The van der Waals surface area contributed by atoms with Crippen LogP contribution in [-0.2, 0) is 9.53 Å². The molecular formula is C33H28N4O3S. The molecule has 6 rings (SSSR count). The molecule has 8 heteroatoms. The van der Waals surface area contributed by atoms with Crippen LogP contribution in [0.3, 0.4) is 0 Å². The van der Waals surface area contributed by atoms with E-state index in [-0.39, 0.29) is 12.2 Å². The van der Waals surface area contributed by atoms with Crippen LogP contribution in [0.5, 0.6) is 0 Å². The predicted molar refractivity (Wildman–Crippen MR) is 161 cm³/mol. The molecule has 0 radical (unpaired) electrons. The van der Waals surface area contributed by atoms with Gasteiger partial charge >= 0.3 is 5.97 Å². The van der Waals surface area contributed by atoms with E-state index in [0.717, 1.165) is 33.6 Å². The molecule has 204 valence electrons. The zero-order valence-corrected chi connectivity index (χ0v) is 23.8. The molecule has 0 unspecified atom stereocenters. The van der Waals surface area contributed by atoms with Gasteiger partial charge in [-0.05, 0) is 44.5 Å². The van der Waals surface area contributed by atoms with Gasteiger partial charge in [-0.25, -0.2) is 14.5 Å². The largest absolute Gasteiger partial charge is 0.463 e. The fourth-order valence-electron chi connectivity index (χ4n) is 5.03. The quantitative estimate of drug-likeness (QED) is 0.275. The van der Waals surface area contributed by atoms with Crippen molar-refractivity contribution in [2.24, 2.45) is 4.99 Å². The van der Waals surface area contributed by atoms with Gasteiger partial charge in [0.25, 0.3) is 5.56 Å². The lowest BCUT2D eigenvalue weighted by atomic mass is 9.96. The SMILES string of the molecule is CCOC(=O)C1=C(C)N=c2s/c(=C/c3cn(-c4ccccc4)nc3-c3ccc(C)cc3)c(=O)n2[C@@H]1c1ccccc1. The maximum atomic E-state index is 14.1. The third kappa shape index (κ3) is 4.98. The Labute approximate surface area is 241 Å². The predicted octanol–water partition coefficient (Wildman–Crippen LogP) is 4.96. The fraction of sp³-hybridized carbons (Fsp3) is 0.152. The minimum absolute atomic E-state index is 0.223. The molecule has 0 N–H and O–H groups in total. The molecule has 2 aromatic heterocycles. The number of allylic oxidation sites excluding steroid dienone is 1. The lowest BCUT2D eigenvalue weighted by Gasteiger charge is -2.24. The first-order valence-corrected chi connectivity index (χ1v) is 14.2. The van der Waals surface area contributed by atoms with Gasteiger partial charge in [-0.2, -0.15) is 5.10 Å². The summed E-state index contributed by atoms with van der Waals surface area (Å²) in [5, 5.41) is 4.91. The second-order valence-corrected chi connectivity index (χ2v) is 10.8. The number of hydrogen-bond acceptors (Lipinski definition) is 6. The number of aryl methyl sites for hydroxylation is 1. The van der Waals surface area contributed by atoms with Gasteiger partial charge in [0.15, 0.2) is 4.80 Å². The molecule has 1 atom stereocenters. The molecule has 0 fully saturated rings. The lowest BCUT2D eigenvalue weighted by Crippen LogP contribution is -2.39. The van der Waals surface area contributed by atoms with Crippen LogP contribution in [0.15, 0.2) is 112 Å². The minimum Gasteiger partial charge on any atom is -0.463 e. The smallest absolute Gasteiger partial charge is 0.338 e. The van der Waals surface area contributed by atoms with Gasteiger partial charge < -0.3 is 4.74 Å². The van der Waals surface area contributed by atoms with Crippen molar-refractivity contribution in [2.45, 2.75) is 26.8 Å². The van der Waals surface area contributed by atoms with E-state index in [4.69, 9.17) is 14.8 Å². The van der Waals surface area contributed by atoms with E-state index in [1.165, 1.54) is 11.3 Å². The third-order valence-electron chi connectivity index (χ3n) is 7.01. The Morgan fingerprint density at radius 3 is 2.34 bits per heavy atom. The van der Waals surface area contributed by atoms with Crippen molar-refractivity contribution in [1.82, 2.24) is 14.3 Å². The van der Waals surface area contributed by atoms with Crippen molar-refractivity contribution in [3.8, 4) is 16.9 Å². The standard InChI is InChI=1S/C33H28N4O3S/c1-4-40-32(39)28-22(3)34-33-37(30(28)24-11-7-5-8-12-24)31(38)27(41-33)19-25-20-36(26-13-9-6-10-14-26)35-29(25)23-17-15-21(2)16-18-23/h5-20,30H,4H2,1-3H3/b27-19+/t30-/m1/s1. The molecule has 1 aliphatic rings. The number of hydrogen-bond donors (Lipinski definition) is 0. The number of carbonyl (C=O) groups is 1. The van der Waals surface area contributed by atoms with Crippen molar-refractivity contribution in [2.75, 3.05) is 6.61 Å². The second-order valence-electron chi connectivity index (χ2n) is 9.79. The Bertz CT molecular complexity index is 1950. The first kappa shape index (κ1) is 26.4. The summed E-state index contributed by atoms with van der Waals surface area (Å²) >= 11 is 1.30. The monoisotopic (exact) mass is 560 g/mol. The van der Waals surface area contributed by atoms with E-state index >= 15 is 0 Å². The number of benzene rings is 3. The summed E-state index contributed by atoms with van der Waals surface area (Å²) in [5.41, 5.74) is 6.10. The van der Waals surface area contributed by atoms with Crippen molar-refractivity contribution in [1.29, 1.82) is 0 Å². The molecule has 7 nitrogen and oxygen atoms in total. The molecule has 0 amide bonds. The van der Waals surface area contributed by atoms with Gasteiger partial charge in [0.05, 0.1) is 39.8 Å². The molecule has 0 spiro atoms. The van der Waals surface area contributed by atoms with E-state index in [0.29, 0.717) is 20.6 Å². The van der Waals surface area contributed by atoms with Crippen LogP contribution in [0.1, 0.15) is 36.6 Å². The Balaban J connectivity index is 1.56. The Kier molecular flexibility index (Phi) is 7.07. The van der Waals surface area contributed by atoms with Gasteiger partial charge in [-0.3, -0.25) is 9.36 Å². The summed E-state index contributed by atoms with van der Waals surface area (Å²) in [7, 11) is 0. The van der Waals surface area contributed by atoms with Gasteiger partial charge in [0, 0.05) is 17.3 Å². The molecule has 3 heterocycles. The molecule has 5 aromatic rings. The first-order valence-electron chi connectivity index (χ1n) is 13.4. The van der Waals surface area contributed by atoms with E-state index in [1.807, 2.05) is 109 Å². The Hall–Kier alpha value is -4.82. The number of ether oxygens (including phenoxy) is 1. The number of rotatable bonds is 6. The molecular weight excluding hydrogens is 532 g/mol. The third-order valence-corrected chi connectivity index (χ3v) is 7.99. The average Bonchev–Trinajstić information content (AvgIpc) is 3.54. The summed E-state index contributed by atoms with van der Waals surface area (Å²) in [5.74, 6) is -0.470. The van der Waals surface area contributed by atoms with Crippen LogP contribution in [0.4, 0.5) is 0 Å². The van der Waals surface area contributed by atoms with Crippen molar-refractivity contribution >= 4 is 23.4 Å². The van der Waals surface area contributed by atoms with Crippen LogP contribution >= 0.6 is 11.3 Å². The van der Waals surface area contributed by atoms with E-state index < -0.39 is 12.0 Å². The number of esters is 1. The highest BCUT2D eigenvalue weighted by atomic mass is 32.1. The van der Waals surface area contributed by atoms with Crippen LogP contribution in [0, 0.1) is 6.92 Å². The summed E-state index contributed by atoms with van der Waals surface area (Å²) < 4.78 is 9.33. The summed E-state index contributed by atoms with van der Waals surface area (Å²) in [6.45, 7) is 5.83. The summed E-state index contributed by atoms with van der Waals surface area (Å²) in [6, 6.07) is 26.9. The highest BCUT2D eigenvalue weighted by Gasteiger charge is 2.33. The van der Waals surface area contributed by atoms with E-state index in [1.54, 1.807) is 18.4 Å². The van der Waals surface area contributed by atoms with Crippen molar-refractivity contribution in [3.05, 3.63) is 139 Å². The van der Waals surface area contributed by atoms with Crippen LogP contribution in [0.25, 0.3) is 23.0 Å². The minimum atomic E-state index is -0.641. The lowest BCUT2D eigenvalue weighted by molar-refractivity contribution is -0.139. The summed E-state index contributed by atoms with van der Waals surface area (Å²) in [4.78, 5) is 32.4. The molecule has 0 aliphatic carbocycles. The number of carbonyl (C=O) groups excluding carboxylic acids is 1. The second kappa shape index (κ2) is 11.0. The molecule has 0 bridgehead atoms. The van der Waals surface area contributed by atoms with Gasteiger partial charge in [-0.15, -0.1) is 0 Å². The molecule has 1 aliphatic heterocycles. The average molecular weight is 561 g/mol. The number of thiazole rings is 1. The van der Waals surface area contributed by atoms with Gasteiger partial charge in [0.2, 0.25) is 0 Å². The maximum Gasteiger partial charge on any atom is 0.338 e. The van der Waals surface area contributed by atoms with Crippen LogP contribution in [-0.4, -0.2) is 26.9 Å². The van der Waals surface area contributed by atoms with Crippen molar-refractivity contribution in [3.63, 3.8) is 0 Å². The molecule has 0 saturated heterocycles. The summed E-state index contributed by atoms with van der Waals surface area (Å²) in [6.07, 6.45) is 3.81. The first-order chi connectivity index (χ1) is 19.9. The normalized spacial score (nSPS) is 15.0. The fourth-order valence-corrected chi connectivity index (χ4v) is 6.06. The zero-order chi connectivity index (χ0) is 28.5. The molecule has 0 saturated carbocycles. The number of para-hydroxylation sites is 1. The van der Waals surface area contributed by atoms with Crippen LogP contribution in [0.2, 0.25) is 0 Å². The van der Waals surface area contributed by atoms with Gasteiger partial charge in [-0.1, -0.05) is 89.7 Å². The Morgan fingerprint density at radius 1 is 0.976 bits per heavy atom. The van der Waals surface area contributed by atoms with Gasteiger partial charge in [0.1, 0.15) is 0 Å². The van der Waals surface area contributed by atoms with Crippen LogP contribution < -0.4 is 14.9 Å². The number of aromatic nitrogens is 3. The highest BCUT2D eigenvalue weighted by Crippen LogP contribution is 2.31. The molecule has 41 heavy (non-hydrogen) atoms. The van der Waals surface area contributed by atoms with Crippen molar-refractivity contribution < 1.29 is 9.53 Å². The zero-order valence-electron chi connectivity index (χ0n) is 22.9. The Morgan fingerprint density at radius 2 is 1.66 bits per heavy atom. The maximum absolute atomic E-state index is 14.1. The van der Waals surface area contributed by atoms with E-state index in [2.05, 4.69) is 0 Å². The van der Waals surface area contributed by atoms with E-state index in [9.17, 15) is 9.59 Å². The number of nitrogens with zero attached hydrogens (tertiary/aromatic N) is 4. The highest BCUT2D eigenvalue weighted by molar-refractivity contribution is 7.07. The topological polar surface area (TPSA) is 78.5 Å². The number of fused-ring (bicyclic) bond motifs is 1. The molecule has 3 aromatic carbocycles.